The topological polar surface area (TPSA) is 51.2 Å². The second kappa shape index (κ2) is 11.0. The van der Waals surface area contributed by atoms with Gasteiger partial charge >= 0.3 is 0 Å². The highest BCUT2D eigenvalue weighted by Crippen LogP contribution is 1.92. The SMILES string of the molecule is C=O.O=Cc1ccccc1.O=Cc1ccccc1. The zero-order valence-corrected chi connectivity index (χ0v) is 9.86. The summed E-state index contributed by atoms with van der Waals surface area (Å²) in [5.74, 6) is 0. The molecule has 0 fully saturated rings. The van der Waals surface area contributed by atoms with E-state index in [4.69, 9.17) is 4.79 Å². The van der Waals surface area contributed by atoms with Crippen LogP contribution in [0.4, 0.5) is 0 Å². The Balaban J connectivity index is 0.000000283. The fourth-order valence-corrected chi connectivity index (χ4v) is 1.06. The molecule has 2 aromatic rings. The van der Waals surface area contributed by atoms with E-state index < -0.39 is 0 Å². The van der Waals surface area contributed by atoms with Gasteiger partial charge in [0.25, 0.3) is 0 Å². The Kier molecular flexibility index (Phi) is 9.40. The number of carbonyl (C=O) groups is 3. The molecule has 0 bridgehead atoms. The van der Waals surface area contributed by atoms with Gasteiger partial charge in [-0.2, -0.15) is 0 Å². The van der Waals surface area contributed by atoms with Gasteiger partial charge in [-0.1, -0.05) is 60.7 Å². The number of hydrogen-bond acceptors (Lipinski definition) is 3. The second-order valence-corrected chi connectivity index (χ2v) is 3.06. The highest BCUT2D eigenvalue weighted by Gasteiger charge is 1.80. The molecule has 3 nitrogen and oxygen atoms in total. The average Bonchev–Trinajstić information content (AvgIpc) is 2.51. The summed E-state index contributed by atoms with van der Waals surface area (Å²) in [7, 11) is 0. The van der Waals surface area contributed by atoms with E-state index in [1.165, 1.54) is 0 Å². The van der Waals surface area contributed by atoms with Gasteiger partial charge in [0, 0.05) is 11.1 Å². The van der Waals surface area contributed by atoms with Gasteiger partial charge in [0.05, 0.1) is 0 Å². The summed E-state index contributed by atoms with van der Waals surface area (Å²) in [6, 6.07) is 18.2. The van der Waals surface area contributed by atoms with Crippen molar-refractivity contribution in [3.8, 4) is 0 Å². The minimum absolute atomic E-state index is 0.729. The average molecular weight is 242 g/mol. The number of rotatable bonds is 2. The number of aldehydes is 2. The normalized spacial score (nSPS) is 7.78. The van der Waals surface area contributed by atoms with Crippen molar-refractivity contribution in [2.24, 2.45) is 0 Å². The Bertz CT molecular complexity index is 394. The fraction of sp³-hybridized carbons (Fsp3) is 0. The predicted molar refractivity (Wildman–Crippen MR) is 70.8 cm³/mol. The van der Waals surface area contributed by atoms with E-state index in [-0.39, 0.29) is 0 Å². The van der Waals surface area contributed by atoms with Crippen LogP contribution in [-0.4, -0.2) is 19.4 Å². The van der Waals surface area contributed by atoms with Gasteiger partial charge in [-0.3, -0.25) is 9.59 Å². The molecule has 0 spiro atoms. The molecule has 0 aliphatic carbocycles. The van der Waals surface area contributed by atoms with Gasteiger partial charge in [-0.15, -0.1) is 0 Å². The standard InChI is InChI=1S/2C7H6O.CH2O/c2*8-6-7-4-2-1-3-5-7;1-2/h2*1-6H;1H2. The molecule has 0 amide bonds. The quantitative estimate of drug-likeness (QED) is 0.761. The third kappa shape index (κ3) is 6.85. The van der Waals surface area contributed by atoms with Crippen LogP contribution in [0.3, 0.4) is 0 Å². The van der Waals surface area contributed by atoms with Gasteiger partial charge < -0.3 is 4.79 Å². The molecule has 0 atom stereocenters. The van der Waals surface area contributed by atoms with Crippen molar-refractivity contribution in [1.82, 2.24) is 0 Å². The minimum atomic E-state index is 0.729. The van der Waals surface area contributed by atoms with Gasteiger partial charge in [0.1, 0.15) is 19.4 Å². The number of benzene rings is 2. The first-order chi connectivity index (χ1) is 8.86. The number of hydrogen-bond donors (Lipinski definition) is 0. The third-order valence-electron chi connectivity index (χ3n) is 1.87. The summed E-state index contributed by atoms with van der Waals surface area (Å²) in [5, 5.41) is 0. The van der Waals surface area contributed by atoms with E-state index >= 15 is 0 Å². The monoisotopic (exact) mass is 242 g/mol. The zero-order chi connectivity index (χ0) is 13.6. The lowest BCUT2D eigenvalue weighted by Crippen LogP contribution is -1.73. The van der Waals surface area contributed by atoms with Crippen LogP contribution in [0.5, 0.6) is 0 Å². The van der Waals surface area contributed by atoms with Crippen LogP contribution in [0.25, 0.3) is 0 Å². The molecular weight excluding hydrogens is 228 g/mol. The van der Waals surface area contributed by atoms with Gasteiger partial charge in [-0.25, -0.2) is 0 Å². The highest BCUT2D eigenvalue weighted by molar-refractivity contribution is 5.74. The molecule has 18 heavy (non-hydrogen) atoms. The minimum Gasteiger partial charge on any atom is -0.307 e. The van der Waals surface area contributed by atoms with Crippen LogP contribution in [0.2, 0.25) is 0 Å². The molecule has 3 heteroatoms. The van der Waals surface area contributed by atoms with E-state index in [2.05, 4.69) is 0 Å². The summed E-state index contributed by atoms with van der Waals surface area (Å²) >= 11 is 0. The van der Waals surface area contributed by atoms with Crippen LogP contribution in [0, 0.1) is 0 Å². The molecule has 0 unspecified atom stereocenters. The molecule has 2 rings (SSSR count). The van der Waals surface area contributed by atoms with E-state index in [1.807, 2.05) is 43.2 Å². The van der Waals surface area contributed by atoms with Crippen LogP contribution < -0.4 is 0 Å². The Hall–Kier alpha value is -2.55. The molecule has 0 N–H and O–H groups in total. The Morgan fingerprint density at radius 1 is 0.611 bits per heavy atom. The van der Waals surface area contributed by atoms with Crippen LogP contribution in [0.15, 0.2) is 60.7 Å². The van der Waals surface area contributed by atoms with Gasteiger partial charge in [-0.05, 0) is 0 Å². The first-order valence-corrected chi connectivity index (χ1v) is 5.16. The summed E-state index contributed by atoms with van der Waals surface area (Å²) < 4.78 is 0. The predicted octanol–water partition coefficient (Wildman–Crippen LogP) is 2.81. The summed E-state index contributed by atoms with van der Waals surface area (Å²) in [6.07, 6.45) is 1.67. The van der Waals surface area contributed by atoms with Crippen molar-refractivity contribution in [2.45, 2.75) is 0 Å². The second-order valence-electron chi connectivity index (χ2n) is 3.06. The lowest BCUT2D eigenvalue weighted by atomic mass is 10.2. The van der Waals surface area contributed by atoms with Crippen LogP contribution in [0.1, 0.15) is 20.7 Å². The molecule has 0 saturated heterocycles. The van der Waals surface area contributed by atoms with Crippen molar-refractivity contribution in [2.75, 3.05) is 0 Å². The number of carbonyl (C=O) groups excluding carboxylic acids is 3. The van der Waals surface area contributed by atoms with Crippen molar-refractivity contribution in [3.63, 3.8) is 0 Å². The van der Waals surface area contributed by atoms with Crippen molar-refractivity contribution < 1.29 is 14.4 Å². The Morgan fingerprint density at radius 2 is 0.889 bits per heavy atom. The molecule has 0 aliphatic heterocycles. The van der Waals surface area contributed by atoms with E-state index in [1.54, 1.807) is 24.3 Å². The van der Waals surface area contributed by atoms with E-state index in [9.17, 15) is 9.59 Å². The molecule has 2 aromatic carbocycles. The van der Waals surface area contributed by atoms with Gasteiger partial charge in [0.15, 0.2) is 0 Å². The summed E-state index contributed by atoms with van der Waals surface area (Å²) in [6.45, 7) is 2.00. The lowest BCUT2D eigenvalue weighted by molar-refractivity contribution is -0.0980. The van der Waals surface area contributed by atoms with Crippen molar-refractivity contribution >= 4 is 19.4 Å². The molecule has 0 radical (unpaired) electrons. The smallest absolute Gasteiger partial charge is 0.150 e. The fourth-order valence-electron chi connectivity index (χ4n) is 1.06. The molecular formula is C15H14O3. The van der Waals surface area contributed by atoms with Crippen molar-refractivity contribution in [3.05, 3.63) is 71.8 Å². The maximum absolute atomic E-state index is 10.0. The first kappa shape index (κ1) is 15.5. The molecule has 0 heterocycles. The molecule has 0 aliphatic rings. The first-order valence-electron chi connectivity index (χ1n) is 5.16. The molecule has 0 saturated carbocycles. The third-order valence-corrected chi connectivity index (χ3v) is 1.87. The molecule has 92 valence electrons. The summed E-state index contributed by atoms with van der Waals surface area (Å²) in [4.78, 5) is 28.0. The van der Waals surface area contributed by atoms with Crippen LogP contribution >= 0.6 is 0 Å². The zero-order valence-electron chi connectivity index (χ0n) is 9.86. The lowest BCUT2D eigenvalue weighted by Gasteiger charge is -1.81. The highest BCUT2D eigenvalue weighted by atomic mass is 16.1. The van der Waals surface area contributed by atoms with E-state index in [0.29, 0.717) is 0 Å². The van der Waals surface area contributed by atoms with Gasteiger partial charge in [0.2, 0.25) is 0 Å². The molecule has 0 aromatic heterocycles. The summed E-state index contributed by atoms with van der Waals surface area (Å²) in [5.41, 5.74) is 1.46. The maximum Gasteiger partial charge on any atom is 0.150 e. The van der Waals surface area contributed by atoms with Crippen molar-refractivity contribution in [1.29, 1.82) is 0 Å². The largest absolute Gasteiger partial charge is 0.307 e. The van der Waals surface area contributed by atoms with Crippen LogP contribution in [-0.2, 0) is 4.79 Å². The van der Waals surface area contributed by atoms with E-state index in [0.717, 1.165) is 23.7 Å². The Labute approximate surface area is 106 Å². The Morgan fingerprint density at radius 3 is 1.06 bits per heavy atom. The maximum atomic E-state index is 10.0.